The molecule has 0 saturated heterocycles. The number of benzene rings is 1. The Bertz CT molecular complexity index is 787. The largest absolute Gasteiger partial charge is 0.297 e. The zero-order valence-electron chi connectivity index (χ0n) is 10.4. The molecule has 96 valence electrons. The number of rotatable bonds is 2. The number of fused-ring (bicyclic) bond motifs is 1. The van der Waals surface area contributed by atoms with E-state index in [1.165, 1.54) is 10.6 Å². The maximum absolute atomic E-state index is 12.0. The van der Waals surface area contributed by atoms with Gasteiger partial charge in [-0.25, -0.2) is 9.50 Å². The Morgan fingerprint density at radius 1 is 1.32 bits per heavy atom. The molecule has 0 spiro atoms. The van der Waals surface area contributed by atoms with E-state index in [2.05, 4.69) is 10.1 Å². The Balaban J connectivity index is 2.24. The number of aromatic nitrogens is 3. The molecule has 0 radical (unpaired) electrons. The predicted octanol–water partition coefficient (Wildman–Crippen LogP) is 2.91. The predicted molar refractivity (Wildman–Crippen MR) is 75.6 cm³/mol. The topological polar surface area (TPSA) is 50.2 Å². The molecule has 1 aromatic carbocycles. The van der Waals surface area contributed by atoms with Gasteiger partial charge in [-0.2, -0.15) is 0 Å². The third-order valence-corrected chi connectivity index (χ3v) is 3.35. The van der Waals surface area contributed by atoms with Crippen LogP contribution in [0.15, 0.2) is 41.3 Å². The quantitative estimate of drug-likeness (QED) is 0.780. The second-order valence-electron chi connectivity index (χ2n) is 4.30. The first-order chi connectivity index (χ1) is 9.19. The highest BCUT2D eigenvalue weighted by molar-refractivity contribution is 6.30. The van der Waals surface area contributed by atoms with E-state index in [1.807, 2.05) is 25.3 Å². The number of nitrogens with one attached hydrogen (secondary N) is 1. The molecule has 4 nitrogen and oxygen atoms in total. The lowest BCUT2D eigenvalue weighted by atomic mass is 10.1. The minimum absolute atomic E-state index is 0.116. The van der Waals surface area contributed by atoms with Crippen LogP contribution >= 0.6 is 11.6 Å². The molecule has 0 fully saturated rings. The Hall–Kier alpha value is -2.07. The summed E-state index contributed by atoms with van der Waals surface area (Å²) >= 11 is 5.86. The maximum atomic E-state index is 12.0. The van der Waals surface area contributed by atoms with Gasteiger partial charge in [-0.1, -0.05) is 30.7 Å². The molecule has 5 heteroatoms. The molecule has 1 N–H and O–H groups in total. The van der Waals surface area contributed by atoms with Crippen molar-refractivity contribution in [3.63, 3.8) is 0 Å². The maximum Gasteiger partial charge on any atom is 0.273 e. The van der Waals surface area contributed by atoms with Crippen LogP contribution in [-0.4, -0.2) is 14.6 Å². The molecular formula is C14H12ClN3O. The molecular weight excluding hydrogens is 262 g/mol. The number of H-pyrrole nitrogens is 1. The second-order valence-corrected chi connectivity index (χ2v) is 4.73. The summed E-state index contributed by atoms with van der Waals surface area (Å²) in [6.45, 7) is 2.03. The van der Waals surface area contributed by atoms with Crippen molar-refractivity contribution in [1.29, 1.82) is 0 Å². The van der Waals surface area contributed by atoms with Crippen LogP contribution in [0.3, 0.4) is 0 Å². The zero-order chi connectivity index (χ0) is 13.4. The molecule has 3 aromatic rings. The second kappa shape index (κ2) is 4.55. The number of aromatic amines is 1. The summed E-state index contributed by atoms with van der Waals surface area (Å²) in [5, 5.41) is 3.58. The van der Waals surface area contributed by atoms with E-state index in [1.54, 1.807) is 12.1 Å². The summed E-state index contributed by atoms with van der Waals surface area (Å²) in [4.78, 5) is 16.6. The highest BCUT2D eigenvalue weighted by Crippen LogP contribution is 2.19. The molecule has 0 aliphatic carbocycles. The van der Waals surface area contributed by atoms with E-state index in [9.17, 15) is 4.79 Å². The van der Waals surface area contributed by atoms with Gasteiger partial charge in [0.1, 0.15) is 0 Å². The lowest BCUT2D eigenvalue weighted by Crippen LogP contribution is -2.14. The van der Waals surface area contributed by atoms with Crippen LogP contribution in [-0.2, 0) is 6.42 Å². The molecule has 0 aliphatic rings. The first-order valence-electron chi connectivity index (χ1n) is 6.05. The van der Waals surface area contributed by atoms with E-state index in [0.29, 0.717) is 16.4 Å². The number of nitrogens with zero attached hydrogens (tertiary/aromatic N) is 2. The lowest BCUT2D eigenvalue weighted by Gasteiger charge is -2.02. The van der Waals surface area contributed by atoms with Crippen molar-refractivity contribution in [3.05, 3.63) is 57.5 Å². The van der Waals surface area contributed by atoms with E-state index in [-0.39, 0.29) is 5.56 Å². The summed E-state index contributed by atoms with van der Waals surface area (Å²) in [6, 6.07) is 8.82. The minimum Gasteiger partial charge on any atom is -0.297 e. The van der Waals surface area contributed by atoms with Crippen molar-refractivity contribution < 1.29 is 0 Å². The van der Waals surface area contributed by atoms with Crippen molar-refractivity contribution >= 4 is 17.2 Å². The van der Waals surface area contributed by atoms with Crippen LogP contribution in [0.4, 0.5) is 0 Å². The van der Waals surface area contributed by atoms with Crippen molar-refractivity contribution in [1.82, 2.24) is 14.6 Å². The van der Waals surface area contributed by atoms with Crippen LogP contribution in [0, 0.1) is 0 Å². The monoisotopic (exact) mass is 273 g/mol. The molecule has 2 aromatic heterocycles. The number of halogens is 1. The molecule has 2 heterocycles. The van der Waals surface area contributed by atoms with Crippen molar-refractivity contribution in [2.75, 3.05) is 0 Å². The smallest absolute Gasteiger partial charge is 0.273 e. The van der Waals surface area contributed by atoms with Crippen LogP contribution in [0.5, 0.6) is 0 Å². The fourth-order valence-electron chi connectivity index (χ4n) is 2.06. The van der Waals surface area contributed by atoms with E-state index in [0.717, 1.165) is 17.5 Å². The average molecular weight is 274 g/mol. The molecule has 0 amide bonds. The average Bonchev–Trinajstić information content (AvgIpc) is 2.83. The summed E-state index contributed by atoms with van der Waals surface area (Å²) < 4.78 is 1.46. The van der Waals surface area contributed by atoms with E-state index in [4.69, 9.17) is 11.6 Å². The van der Waals surface area contributed by atoms with Crippen LogP contribution in [0.2, 0.25) is 5.02 Å². The van der Waals surface area contributed by atoms with Gasteiger partial charge in [0.05, 0.1) is 5.69 Å². The van der Waals surface area contributed by atoms with Crippen LogP contribution < -0.4 is 5.56 Å². The number of hydrogen-bond donors (Lipinski definition) is 1. The molecule has 0 unspecified atom stereocenters. The van der Waals surface area contributed by atoms with Gasteiger partial charge in [-0.3, -0.25) is 9.89 Å². The Labute approximate surface area is 114 Å². The summed E-state index contributed by atoms with van der Waals surface area (Å²) in [5.41, 5.74) is 3.13. The first-order valence-corrected chi connectivity index (χ1v) is 6.43. The van der Waals surface area contributed by atoms with Crippen LogP contribution in [0.25, 0.3) is 16.9 Å². The summed E-state index contributed by atoms with van der Waals surface area (Å²) in [7, 11) is 0. The first kappa shape index (κ1) is 12.0. The Kier molecular flexibility index (Phi) is 2.87. The van der Waals surface area contributed by atoms with Crippen LogP contribution in [0.1, 0.15) is 12.5 Å². The zero-order valence-corrected chi connectivity index (χ0v) is 11.1. The van der Waals surface area contributed by atoms with Gasteiger partial charge in [0.2, 0.25) is 0 Å². The fraction of sp³-hybridized carbons (Fsp3) is 0.143. The normalized spacial score (nSPS) is 11.1. The molecule has 0 aliphatic heterocycles. The van der Waals surface area contributed by atoms with Gasteiger partial charge in [0, 0.05) is 28.4 Å². The Morgan fingerprint density at radius 2 is 2.05 bits per heavy atom. The van der Waals surface area contributed by atoms with Crippen molar-refractivity contribution in [2.24, 2.45) is 0 Å². The third-order valence-electron chi connectivity index (χ3n) is 3.09. The highest BCUT2D eigenvalue weighted by atomic mass is 35.5. The third kappa shape index (κ3) is 2.04. The number of hydrogen-bond acceptors (Lipinski definition) is 2. The van der Waals surface area contributed by atoms with Crippen molar-refractivity contribution in [3.8, 4) is 11.3 Å². The standard InChI is InChI=1S/C14H12ClN3O/c1-2-9-8-16-18-13(19)7-12(17-14(9)18)10-3-5-11(15)6-4-10/h3-8,16H,2H2,1H3. The summed E-state index contributed by atoms with van der Waals surface area (Å²) in [6.07, 6.45) is 2.64. The molecule has 3 rings (SSSR count). The SMILES string of the molecule is CCc1c[nH]n2c(=O)cc(-c3ccc(Cl)cc3)nc12. The highest BCUT2D eigenvalue weighted by Gasteiger charge is 2.09. The molecule has 19 heavy (non-hydrogen) atoms. The van der Waals surface area contributed by atoms with Gasteiger partial charge < -0.3 is 0 Å². The van der Waals surface area contributed by atoms with Crippen molar-refractivity contribution in [2.45, 2.75) is 13.3 Å². The molecule has 0 atom stereocenters. The van der Waals surface area contributed by atoms with Gasteiger partial charge in [0.15, 0.2) is 5.65 Å². The Morgan fingerprint density at radius 3 is 2.74 bits per heavy atom. The van der Waals surface area contributed by atoms with Gasteiger partial charge in [0.25, 0.3) is 5.56 Å². The van der Waals surface area contributed by atoms with Gasteiger partial charge in [-0.15, -0.1) is 0 Å². The van der Waals surface area contributed by atoms with Gasteiger partial charge in [-0.05, 0) is 18.6 Å². The molecule has 0 bridgehead atoms. The fourth-order valence-corrected chi connectivity index (χ4v) is 2.18. The van der Waals surface area contributed by atoms with E-state index < -0.39 is 0 Å². The summed E-state index contributed by atoms with van der Waals surface area (Å²) in [5.74, 6) is 0. The van der Waals surface area contributed by atoms with Gasteiger partial charge >= 0.3 is 0 Å². The van der Waals surface area contributed by atoms with E-state index >= 15 is 0 Å². The minimum atomic E-state index is -0.116. The molecule has 0 saturated carbocycles. The number of aryl methyl sites for hydroxylation is 1. The lowest BCUT2D eigenvalue weighted by molar-refractivity contribution is 0.901.